The Morgan fingerprint density at radius 3 is 2.81 bits per heavy atom. The molecule has 2 aliphatic heterocycles. The molecule has 0 N–H and O–H groups in total. The zero-order chi connectivity index (χ0) is 14.7. The molecule has 21 heavy (non-hydrogen) atoms. The highest BCUT2D eigenvalue weighted by Crippen LogP contribution is 2.21. The van der Waals surface area contributed by atoms with Crippen molar-refractivity contribution in [2.45, 2.75) is 32.4 Å². The van der Waals surface area contributed by atoms with Crippen molar-refractivity contribution >= 4 is 17.7 Å². The van der Waals surface area contributed by atoms with Gasteiger partial charge in [-0.2, -0.15) is 11.8 Å². The summed E-state index contributed by atoms with van der Waals surface area (Å²) < 4.78 is 0. The maximum Gasteiger partial charge on any atom is 0.239 e. The molecule has 1 aromatic rings. The van der Waals surface area contributed by atoms with E-state index in [2.05, 4.69) is 41.0 Å². The first kappa shape index (κ1) is 14.9. The van der Waals surface area contributed by atoms with Gasteiger partial charge < -0.3 is 4.90 Å². The van der Waals surface area contributed by atoms with E-state index in [9.17, 15) is 4.79 Å². The Morgan fingerprint density at radius 1 is 1.14 bits per heavy atom. The lowest BCUT2D eigenvalue weighted by atomic mass is 9.98. The molecule has 0 aromatic heterocycles. The van der Waals surface area contributed by atoms with Gasteiger partial charge in [-0.1, -0.05) is 24.3 Å². The van der Waals surface area contributed by atoms with Crippen molar-refractivity contribution in [2.75, 3.05) is 31.1 Å². The number of amides is 1. The number of carbonyl (C=O) groups excluding carboxylic acids is 1. The molecule has 0 radical (unpaired) electrons. The number of fused-ring (bicyclic) bond motifs is 1. The van der Waals surface area contributed by atoms with E-state index in [1.807, 2.05) is 11.8 Å². The molecular formula is C17H24N2OS. The summed E-state index contributed by atoms with van der Waals surface area (Å²) in [5, 5.41) is 0. The van der Waals surface area contributed by atoms with Crippen molar-refractivity contribution < 1.29 is 4.79 Å². The third-order valence-corrected chi connectivity index (χ3v) is 5.65. The molecule has 0 bridgehead atoms. The Balaban J connectivity index is 1.65. The summed E-state index contributed by atoms with van der Waals surface area (Å²) in [4.78, 5) is 17.1. The Morgan fingerprint density at radius 2 is 1.95 bits per heavy atom. The van der Waals surface area contributed by atoms with E-state index in [4.69, 9.17) is 0 Å². The van der Waals surface area contributed by atoms with E-state index < -0.39 is 0 Å². The summed E-state index contributed by atoms with van der Waals surface area (Å²) in [5.41, 5.74) is 2.83. The quantitative estimate of drug-likeness (QED) is 0.838. The minimum atomic E-state index is 0.00135. The maximum atomic E-state index is 12.7. The van der Waals surface area contributed by atoms with Crippen LogP contribution < -0.4 is 0 Å². The van der Waals surface area contributed by atoms with Crippen LogP contribution in [0.2, 0.25) is 0 Å². The second-order valence-corrected chi connectivity index (χ2v) is 7.18. The van der Waals surface area contributed by atoms with Crippen LogP contribution >= 0.6 is 11.8 Å². The fraction of sp³-hybridized carbons (Fsp3) is 0.588. The van der Waals surface area contributed by atoms with Gasteiger partial charge in [0.15, 0.2) is 0 Å². The van der Waals surface area contributed by atoms with Gasteiger partial charge in [0, 0.05) is 31.9 Å². The van der Waals surface area contributed by atoms with Gasteiger partial charge in [-0.25, -0.2) is 0 Å². The molecule has 1 amide bonds. The van der Waals surface area contributed by atoms with Gasteiger partial charge in [-0.05, 0) is 36.6 Å². The molecule has 1 aromatic carbocycles. The van der Waals surface area contributed by atoms with Crippen LogP contribution in [0.15, 0.2) is 24.3 Å². The third-order valence-electron chi connectivity index (χ3n) is 4.60. The van der Waals surface area contributed by atoms with Crippen LogP contribution in [0, 0.1) is 0 Å². The highest BCUT2D eigenvalue weighted by atomic mass is 32.2. The molecule has 3 nitrogen and oxygen atoms in total. The van der Waals surface area contributed by atoms with Crippen LogP contribution in [-0.2, 0) is 17.8 Å². The lowest BCUT2D eigenvalue weighted by Gasteiger charge is -2.35. The summed E-state index contributed by atoms with van der Waals surface area (Å²) in [7, 11) is 0. The second-order valence-electron chi connectivity index (χ2n) is 5.96. The summed E-state index contributed by atoms with van der Waals surface area (Å²) in [6, 6.07) is 8.62. The summed E-state index contributed by atoms with van der Waals surface area (Å²) in [6.45, 7) is 5.82. The summed E-state index contributed by atoms with van der Waals surface area (Å²) in [5.74, 6) is 2.59. The van der Waals surface area contributed by atoms with Crippen LogP contribution in [0.5, 0.6) is 0 Å². The molecule has 1 fully saturated rings. The molecule has 114 valence electrons. The number of hydrogen-bond donors (Lipinski definition) is 0. The zero-order valence-electron chi connectivity index (χ0n) is 12.8. The normalized spacial score (nSPS) is 21.5. The number of hydrogen-bond acceptors (Lipinski definition) is 3. The minimum absolute atomic E-state index is 0.00135. The average Bonchev–Trinajstić information content (AvgIpc) is 2.82. The van der Waals surface area contributed by atoms with Crippen molar-refractivity contribution in [3.05, 3.63) is 35.4 Å². The largest absolute Gasteiger partial charge is 0.340 e. The van der Waals surface area contributed by atoms with Crippen LogP contribution in [0.4, 0.5) is 0 Å². The van der Waals surface area contributed by atoms with Crippen molar-refractivity contribution in [1.29, 1.82) is 0 Å². The summed E-state index contributed by atoms with van der Waals surface area (Å²) in [6.07, 6.45) is 2.19. The third kappa shape index (κ3) is 3.43. The Hall–Kier alpha value is -1.00. The lowest BCUT2D eigenvalue weighted by molar-refractivity contribution is -0.136. The number of benzene rings is 1. The predicted octanol–water partition coefficient (Wildman–Crippen LogP) is 2.40. The Kier molecular flexibility index (Phi) is 4.86. The van der Waals surface area contributed by atoms with E-state index in [0.29, 0.717) is 5.91 Å². The van der Waals surface area contributed by atoms with Gasteiger partial charge >= 0.3 is 0 Å². The molecule has 3 rings (SSSR count). The first-order valence-corrected chi connectivity index (χ1v) is 9.08. The molecule has 1 atom stereocenters. The van der Waals surface area contributed by atoms with Gasteiger partial charge in [-0.15, -0.1) is 0 Å². The molecule has 1 saturated heterocycles. The second kappa shape index (κ2) is 6.84. The Labute approximate surface area is 131 Å². The minimum Gasteiger partial charge on any atom is -0.340 e. The van der Waals surface area contributed by atoms with Crippen molar-refractivity contribution in [3.8, 4) is 0 Å². The van der Waals surface area contributed by atoms with Crippen molar-refractivity contribution in [2.24, 2.45) is 0 Å². The van der Waals surface area contributed by atoms with E-state index in [0.717, 1.165) is 44.8 Å². The molecule has 0 aliphatic carbocycles. The predicted molar refractivity (Wildman–Crippen MR) is 88.5 cm³/mol. The molecule has 4 heteroatoms. The van der Waals surface area contributed by atoms with Gasteiger partial charge in [0.2, 0.25) is 5.91 Å². The number of nitrogens with zero attached hydrogens (tertiary/aromatic N) is 2. The number of carbonyl (C=O) groups is 1. The van der Waals surface area contributed by atoms with Crippen LogP contribution in [-0.4, -0.2) is 52.9 Å². The summed E-state index contributed by atoms with van der Waals surface area (Å²) >= 11 is 1.97. The Bertz CT molecular complexity index is 497. The lowest BCUT2D eigenvalue weighted by Crippen LogP contribution is -2.49. The fourth-order valence-electron chi connectivity index (χ4n) is 3.24. The monoisotopic (exact) mass is 304 g/mol. The fourth-order valence-corrected chi connectivity index (χ4v) is 4.12. The molecule has 2 aliphatic rings. The smallest absolute Gasteiger partial charge is 0.239 e. The number of rotatable bonds is 2. The van der Waals surface area contributed by atoms with E-state index >= 15 is 0 Å². The maximum absolute atomic E-state index is 12.7. The average molecular weight is 304 g/mol. The molecular weight excluding hydrogens is 280 g/mol. The van der Waals surface area contributed by atoms with Gasteiger partial charge in [0.05, 0.1) is 6.04 Å². The number of thioether (sulfide) groups is 1. The molecule has 0 saturated carbocycles. The van der Waals surface area contributed by atoms with Crippen LogP contribution in [0.3, 0.4) is 0 Å². The van der Waals surface area contributed by atoms with E-state index in [1.54, 1.807) is 0 Å². The van der Waals surface area contributed by atoms with Crippen LogP contribution in [0.1, 0.15) is 24.5 Å². The van der Waals surface area contributed by atoms with E-state index in [1.165, 1.54) is 16.9 Å². The standard InChI is InChI=1S/C17H24N2OS/c1-14(17(20)18-8-4-11-21-12-10-18)19-9-7-15-5-2-3-6-16(15)13-19/h2-3,5-6,14H,4,7-13H2,1H3/t14-/m1/s1. The SMILES string of the molecule is C[C@H](C(=O)N1CCCSCC1)N1CCc2ccccc2C1. The first-order valence-electron chi connectivity index (χ1n) is 7.93. The van der Waals surface area contributed by atoms with Crippen molar-refractivity contribution in [1.82, 2.24) is 9.80 Å². The van der Waals surface area contributed by atoms with Gasteiger partial charge in [0.25, 0.3) is 0 Å². The molecule has 0 unspecified atom stereocenters. The van der Waals surface area contributed by atoms with Gasteiger partial charge in [-0.3, -0.25) is 9.69 Å². The highest BCUT2D eigenvalue weighted by molar-refractivity contribution is 7.99. The van der Waals surface area contributed by atoms with Crippen molar-refractivity contribution in [3.63, 3.8) is 0 Å². The topological polar surface area (TPSA) is 23.6 Å². The first-order chi connectivity index (χ1) is 10.3. The molecule has 0 spiro atoms. The van der Waals surface area contributed by atoms with Crippen LogP contribution in [0.25, 0.3) is 0 Å². The zero-order valence-corrected chi connectivity index (χ0v) is 13.6. The highest BCUT2D eigenvalue weighted by Gasteiger charge is 2.28. The molecule has 2 heterocycles. The van der Waals surface area contributed by atoms with Gasteiger partial charge in [0.1, 0.15) is 0 Å². The van der Waals surface area contributed by atoms with E-state index in [-0.39, 0.29) is 6.04 Å².